The van der Waals surface area contributed by atoms with Crippen LogP contribution >= 0.6 is 0 Å². The predicted octanol–water partition coefficient (Wildman–Crippen LogP) is 1.50. The molecule has 0 aromatic carbocycles. The van der Waals surface area contributed by atoms with Gasteiger partial charge in [-0.1, -0.05) is 5.16 Å². The monoisotopic (exact) mass is 394 g/mol. The molecular weight excluding hydrogens is 372 g/mol. The molecule has 0 bridgehead atoms. The van der Waals surface area contributed by atoms with Crippen LogP contribution in [-0.2, 0) is 19.5 Å². The van der Waals surface area contributed by atoms with Gasteiger partial charge in [-0.05, 0) is 37.8 Å². The third kappa shape index (κ3) is 4.34. The zero-order valence-corrected chi connectivity index (χ0v) is 16.1. The lowest BCUT2D eigenvalue weighted by molar-refractivity contribution is 0.0932. The highest BCUT2D eigenvalue weighted by molar-refractivity contribution is 5.95. The van der Waals surface area contributed by atoms with Crippen LogP contribution < -0.4 is 10.6 Å². The number of aromatic nitrogens is 4. The summed E-state index contributed by atoms with van der Waals surface area (Å²) >= 11 is 0. The van der Waals surface area contributed by atoms with Crippen LogP contribution in [-0.4, -0.2) is 38.3 Å². The number of nitrogens with zero attached hydrogens (tertiary/aromatic N) is 4. The van der Waals surface area contributed by atoms with E-state index < -0.39 is 0 Å². The number of nitrogens with one attached hydrogen (secondary N) is 2. The van der Waals surface area contributed by atoms with Crippen LogP contribution in [0, 0.1) is 12.8 Å². The first-order valence-corrected chi connectivity index (χ1v) is 9.53. The minimum atomic E-state index is -0.194. The van der Waals surface area contributed by atoms with Crippen LogP contribution in [0.5, 0.6) is 0 Å². The number of rotatable bonds is 6. The molecule has 0 saturated heterocycles. The smallest absolute Gasteiger partial charge is 0.255 e. The molecular formula is C20H22N6O3. The van der Waals surface area contributed by atoms with Gasteiger partial charge < -0.3 is 15.2 Å². The summed E-state index contributed by atoms with van der Waals surface area (Å²) in [6.07, 6.45) is 6.35. The predicted molar refractivity (Wildman–Crippen MR) is 103 cm³/mol. The Bertz CT molecular complexity index is 1010. The van der Waals surface area contributed by atoms with E-state index in [2.05, 4.69) is 25.9 Å². The molecule has 150 valence electrons. The quantitative estimate of drug-likeness (QED) is 0.655. The van der Waals surface area contributed by atoms with Gasteiger partial charge in [-0.15, -0.1) is 0 Å². The molecule has 1 aliphatic heterocycles. The molecule has 0 spiro atoms. The highest BCUT2D eigenvalue weighted by Gasteiger charge is 2.25. The summed E-state index contributed by atoms with van der Waals surface area (Å²) in [6, 6.07) is 5.25. The largest absolute Gasteiger partial charge is 0.359 e. The normalized spacial score (nSPS) is 15.6. The molecule has 1 aliphatic rings. The van der Waals surface area contributed by atoms with E-state index in [1.54, 1.807) is 36.8 Å². The molecule has 3 aromatic rings. The van der Waals surface area contributed by atoms with E-state index in [4.69, 9.17) is 4.52 Å². The van der Waals surface area contributed by atoms with Gasteiger partial charge in [0.1, 0.15) is 0 Å². The van der Waals surface area contributed by atoms with Gasteiger partial charge in [0, 0.05) is 31.5 Å². The second-order valence-corrected chi connectivity index (χ2v) is 7.16. The Morgan fingerprint density at radius 3 is 2.93 bits per heavy atom. The average molecular weight is 394 g/mol. The Morgan fingerprint density at radius 2 is 2.17 bits per heavy atom. The summed E-state index contributed by atoms with van der Waals surface area (Å²) in [5.41, 5.74) is 2.76. The first-order valence-electron chi connectivity index (χ1n) is 9.53. The number of hydrogen-bond donors (Lipinski definition) is 2. The second-order valence-electron chi connectivity index (χ2n) is 7.16. The molecule has 9 nitrogen and oxygen atoms in total. The number of amides is 2. The van der Waals surface area contributed by atoms with Crippen LogP contribution in [0.3, 0.4) is 0 Å². The first kappa shape index (κ1) is 18.9. The Morgan fingerprint density at radius 1 is 1.28 bits per heavy atom. The zero-order chi connectivity index (χ0) is 20.2. The molecule has 1 atom stereocenters. The lowest BCUT2D eigenvalue weighted by Crippen LogP contribution is -2.34. The van der Waals surface area contributed by atoms with E-state index >= 15 is 0 Å². The maximum absolute atomic E-state index is 12.6. The number of fused-ring (bicyclic) bond motifs is 1. The fraction of sp³-hybridized carbons (Fsp3) is 0.350. The summed E-state index contributed by atoms with van der Waals surface area (Å²) in [5.74, 6) is 0.508. The summed E-state index contributed by atoms with van der Waals surface area (Å²) in [6.45, 7) is 3.36. The van der Waals surface area contributed by atoms with Crippen LogP contribution in [0.1, 0.15) is 44.3 Å². The minimum absolute atomic E-state index is 0.141. The second kappa shape index (κ2) is 8.26. The van der Waals surface area contributed by atoms with E-state index in [1.807, 2.05) is 11.6 Å². The molecule has 3 aromatic heterocycles. The fourth-order valence-electron chi connectivity index (χ4n) is 3.46. The molecule has 4 rings (SSSR count). The van der Waals surface area contributed by atoms with Gasteiger partial charge in [0.15, 0.2) is 5.76 Å². The molecule has 4 heterocycles. The van der Waals surface area contributed by atoms with Crippen molar-refractivity contribution in [3.05, 3.63) is 65.1 Å². The number of hydrogen-bond acceptors (Lipinski definition) is 6. The molecule has 0 unspecified atom stereocenters. The highest BCUT2D eigenvalue weighted by Crippen LogP contribution is 2.23. The fourth-order valence-corrected chi connectivity index (χ4v) is 3.46. The molecule has 29 heavy (non-hydrogen) atoms. The topological polar surface area (TPSA) is 115 Å². The molecule has 9 heteroatoms. The highest BCUT2D eigenvalue weighted by atomic mass is 16.5. The summed E-state index contributed by atoms with van der Waals surface area (Å²) in [7, 11) is 0. The summed E-state index contributed by atoms with van der Waals surface area (Å²) in [5, 5.41) is 14.0. The van der Waals surface area contributed by atoms with Crippen molar-refractivity contribution < 1.29 is 14.1 Å². The Kier molecular flexibility index (Phi) is 5.37. The summed E-state index contributed by atoms with van der Waals surface area (Å²) < 4.78 is 6.99. The van der Waals surface area contributed by atoms with Crippen LogP contribution in [0.2, 0.25) is 0 Å². The maximum Gasteiger partial charge on any atom is 0.255 e. The average Bonchev–Trinajstić information content (AvgIpc) is 3.36. The number of carbonyl (C=O) groups excluding carboxylic acids is 2. The van der Waals surface area contributed by atoms with Gasteiger partial charge in [0.05, 0.1) is 35.3 Å². The van der Waals surface area contributed by atoms with E-state index in [0.717, 1.165) is 24.4 Å². The minimum Gasteiger partial charge on any atom is -0.359 e. The number of carbonyl (C=O) groups is 2. The Hall–Kier alpha value is -3.49. The zero-order valence-electron chi connectivity index (χ0n) is 16.1. The van der Waals surface area contributed by atoms with E-state index in [0.29, 0.717) is 29.9 Å². The van der Waals surface area contributed by atoms with E-state index in [9.17, 15) is 9.59 Å². The van der Waals surface area contributed by atoms with Crippen molar-refractivity contribution in [1.82, 2.24) is 30.6 Å². The number of pyridine rings is 1. The van der Waals surface area contributed by atoms with Crippen molar-refractivity contribution in [1.29, 1.82) is 0 Å². The third-order valence-corrected chi connectivity index (χ3v) is 5.00. The third-order valence-electron chi connectivity index (χ3n) is 5.00. The molecule has 2 amide bonds. The Balaban J connectivity index is 1.35. The van der Waals surface area contributed by atoms with Gasteiger partial charge in [-0.25, -0.2) is 0 Å². The number of aryl methyl sites for hydroxylation is 2. The lowest BCUT2D eigenvalue weighted by atomic mass is 9.94. The van der Waals surface area contributed by atoms with Crippen LogP contribution in [0.4, 0.5) is 0 Å². The van der Waals surface area contributed by atoms with E-state index in [-0.39, 0.29) is 24.3 Å². The van der Waals surface area contributed by atoms with E-state index in [1.165, 1.54) is 0 Å². The van der Waals surface area contributed by atoms with Crippen molar-refractivity contribution >= 4 is 11.8 Å². The first-order chi connectivity index (χ1) is 14.1. The SMILES string of the molecule is Cc1cc(CNC(=O)c2cnn3c2C[C@@H](CNC(=O)c2cccnc2)CC3)on1. The van der Waals surface area contributed by atoms with Crippen molar-refractivity contribution in [3.8, 4) is 0 Å². The van der Waals surface area contributed by atoms with Crippen molar-refractivity contribution in [2.45, 2.75) is 32.9 Å². The van der Waals surface area contributed by atoms with Gasteiger partial charge in [-0.2, -0.15) is 5.10 Å². The molecule has 0 radical (unpaired) electrons. The van der Waals surface area contributed by atoms with Gasteiger partial charge in [0.2, 0.25) is 0 Å². The lowest BCUT2D eigenvalue weighted by Gasteiger charge is -2.24. The van der Waals surface area contributed by atoms with Crippen molar-refractivity contribution in [2.75, 3.05) is 6.54 Å². The molecule has 0 aliphatic carbocycles. The molecule has 2 N–H and O–H groups in total. The van der Waals surface area contributed by atoms with Crippen molar-refractivity contribution in [3.63, 3.8) is 0 Å². The van der Waals surface area contributed by atoms with Gasteiger partial charge >= 0.3 is 0 Å². The molecule has 0 saturated carbocycles. The van der Waals surface area contributed by atoms with Crippen LogP contribution in [0.25, 0.3) is 0 Å². The van der Waals surface area contributed by atoms with Gasteiger partial charge in [0.25, 0.3) is 11.8 Å². The maximum atomic E-state index is 12.6. The van der Waals surface area contributed by atoms with Gasteiger partial charge in [-0.3, -0.25) is 19.3 Å². The Labute approximate surface area is 167 Å². The summed E-state index contributed by atoms with van der Waals surface area (Å²) in [4.78, 5) is 28.8. The standard InChI is InChI=1S/C20H22N6O3/c1-13-7-16(29-25-13)11-23-20(28)17-12-24-26-6-4-14(8-18(17)26)9-22-19(27)15-3-2-5-21-10-15/h2-3,5,7,10,12,14H,4,6,8-9,11H2,1H3,(H,22,27)(H,23,28)/t14-/m0/s1. The molecule has 0 fully saturated rings. The van der Waals surface area contributed by atoms with Crippen LogP contribution in [0.15, 0.2) is 41.3 Å². The van der Waals surface area contributed by atoms with Crippen molar-refractivity contribution in [2.24, 2.45) is 5.92 Å².